The fraction of sp³-hybridized carbons (Fsp3) is 0.125. The number of benzene rings is 2. The molecule has 4 nitrogen and oxygen atoms in total. The second-order valence-corrected chi connectivity index (χ2v) is 4.63. The molecule has 0 aliphatic heterocycles. The molecule has 0 saturated heterocycles. The molecule has 1 aromatic heterocycles. The highest BCUT2D eigenvalue weighted by Crippen LogP contribution is 2.18. The van der Waals surface area contributed by atoms with E-state index in [1.807, 2.05) is 31.2 Å². The van der Waals surface area contributed by atoms with Crippen molar-refractivity contribution in [2.24, 2.45) is 0 Å². The Morgan fingerprint density at radius 2 is 2.00 bits per heavy atom. The molecule has 3 aromatic rings. The van der Waals surface area contributed by atoms with Gasteiger partial charge in [-0.3, -0.25) is 0 Å². The van der Waals surface area contributed by atoms with Crippen molar-refractivity contribution in [1.29, 1.82) is 0 Å². The molecule has 0 radical (unpaired) electrons. The largest absolute Gasteiger partial charge is 0.484 e. The van der Waals surface area contributed by atoms with Gasteiger partial charge in [-0.25, -0.2) is 4.39 Å². The van der Waals surface area contributed by atoms with Gasteiger partial charge in [0.15, 0.2) is 6.61 Å². The van der Waals surface area contributed by atoms with Gasteiger partial charge in [-0.05, 0) is 25.1 Å². The highest BCUT2D eigenvalue weighted by atomic mass is 19.1. The summed E-state index contributed by atoms with van der Waals surface area (Å²) in [5, 5.41) is 3.92. The monoisotopic (exact) mass is 284 g/mol. The van der Waals surface area contributed by atoms with Crippen LogP contribution in [0.15, 0.2) is 53.1 Å². The van der Waals surface area contributed by atoms with E-state index in [0.717, 1.165) is 11.1 Å². The minimum Gasteiger partial charge on any atom is -0.484 e. The van der Waals surface area contributed by atoms with Gasteiger partial charge in [0.05, 0.1) is 0 Å². The van der Waals surface area contributed by atoms with E-state index >= 15 is 0 Å². The molecular formula is C16H13FN2O2. The molecule has 106 valence electrons. The Hall–Kier alpha value is -2.69. The number of hydrogen-bond acceptors (Lipinski definition) is 4. The van der Waals surface area contributed by atoms with Crippen LogP contribution in [-0.2, 0) is 6.61 Å². The normalized spacial score (nSPS) is 10.6. The summed E-state index contributed by atoms with van der Waals surface area (Å²) in [5.74, 6) is 0.927. The summed E-state index contributed by atoms with van der Waals surface area (Å²) in [4.78, 5) is 4.26. The molecule has 0 N–H and O–H groups in total. The van der Waals surface area contributed by atoms with Crippen molar-refractivity contribution in [2.45, 2.75) is 13.5 Å². The van der Waals surface area contributed by atoms with E-state index in [1.165, 1.54) is 12.1 Å². The molecule has 0 spiro atoms. The minimum absolute atomic E-state index is 0.0995. The first-order chi connectivity index (χ1) is 10.2. The van der Waals surface area contributed by atoms with Gasteiger partial charge in [0.1, 0.15) is 11.6 Å². The maximum Gasteiger partial charge on any atom is 0.264 e. The smallest absolute Gasteiger partial charge is 0.264 e. The topological polar surface area (TPSA) is 48.2 Å². The van der Waals surface area contributed by atoms with Gasteiger partial charge in [-0.15, -0.1) is 0 Å². The quantitative estimate of drug-likeness (QED) is 0.732. The summed E-state index contributed by atoms with van der Waals surface area (Å²) >= 11 is 0. The van der Waals surface area contributed by atoms with Crippen LogP contribution < -0.4 is 4.74 Å². The zero-order chi connectivity index (χ0) is 14.7. The fourth-order valence-corrected chi connectivity index (χ4v) is 1.92. The molecule has 0 saturated carbocycles. The number of rotatable bonds is 4. The molecule has 0 aliphatic rings. The average Bonchev–Trinajstić information content (AvgIpc) is 2.94. The number of ether oxygens (including phenoxy) is 1. The molecule has 3 rings (SSSR count). The molecule has 2 aromatic carbocycles. The lowest BCUT2D eigenvalue weighted by atomic mass is 10.1. The third-order valence-electron chi connectivity index (χ3n) is 2.90. The van der Waals surface area contributed by atoms with Crippen molar-refractivity contribution in [3.63, 3.8) is 0 Å². The lowest BCUT2D eigenvalue weighted by Gasteiger charge is -2.02. The van der Waals surface area contributed by atoms with Crippen LogP contribution in [0.4, 0.5) is 4.39 Å². The van der Waals surface area contributed by atoms with Crippen LogP contribution in [0.3, 0.4) is 0 Å². The second-order valence-electron chi connectivity index (χ2n) is 4.63. The van der Waals surface area contributed by atoms with Crippen molar-refractivity contribution < 1.29 is 13.7 Å². The summed E-state index contributed by atoms with van der Waals surface area (Å²) in [6, 6.07) is 13.7. The van der Waals surface area contributed by atoms with E-state index in [1.54, 1.807) is 12.1 Å². The van der Waals surface area contributed by atoms with Gasteiger partial charge in [0.2, 0.25) is 5.82 Å². The van der Waals surface area contributed by atoms with Gasteiger partial charge >= 0.3 is 0 Å². The average molecular weight is 284 g/mol. The van der Waals surface area contributed by atoms with E-state index < -0.39 is 0 Å². The van der Waals surface area contributed by atoms with Crippen molar-refractivity contribution in [1.82, 2.24) is 10.1 Å². The highest BCUT2D eigenvalue weighted by molar-refractivity contribution is 5.55. The Labute approximate surface area is 121 Å². The molecule has 0 bridgehead atoms. The lowest BCUT2D eigenvalue weighted by molar-refractivity contribution is 0.242. The predicted molar refractivity (Wildman–Crippen MR) is 75.2 cm³/mol. The Bertz CT molecular complexity index is 755. The number of halogens is 1. The van der Waals surface area contributed by atoms with E-state index in [9.17, 15) is 4.39 Å². The molecule has 0 aliphatic carbocycles. The van der Waals surface area contributed by atoms with Crippen molar-refractivity contribution in [2.75, 3.05) is 0 Å². The van der Waals surface area contributed by atoms with E-state index in [4.69, 9.17) is 9.26 Å². The Balaban J connectivity index is 1.71. The zero-order valence-electron chi connectivity index (χ0n) is 11.4. The van der Waals surface area contributed by atoms with Crippen LogP contribution in [-0.4, -0.2) is 10.1 Å². The molecule has 0 unspecified atom stereocenters. The van der Waals surface area contributed by atoms with Crippen molar-refractivity contribution in [3.8, 4) is 17.1 Å². The number of nitrogens with zero attached hydrogens (tertiary/aromatic N) is 2. The maximum atomic E-state index is 13.0. The van der Waals surface area contributed by atoms with Crippen LogP contribution >= 0.6 is 0 Å². The summed E-state index contributed by atoms with van der Waals surface area (Å²) in [6.45, 7) is 2.10. The molecule has 1 heterocycles. The fourth-order valence-electron chi connectivity index (χ4n) is 1.92. The van der Waals surface area contributed by atoms with Crippen LogP contribution in [0.1, 0.15) is 11.5 Å². The van der Waals surface area contributed by atoms with Gasteiger partial charge in [0, 0.05) is 11.6 Å². The third-order valence-corrected chi connectivity index (χ3v) is 2.90. The van der Waals surface area contributed by atoms with Crippen LogP contribution in [0, 0.1) is 12.7 Å². The van der Waals surface area contributed by atoms with E-state index in [-0.39, 0.29) is 12.4 Å². The van der Waals surface area contributed by atoms with E-state index in [0.29, 0.717) is 17.5 Å². The van der Waals surface area contributed by atoms with E-state index in [2.05, 4.69) is 10.1 Å². The lowest BCUT2D eigenvalue weighted by Crippen LogP contribution is -1.96. The molecule has 5 heteroatoms. The second kappa shape index (κ2) is 5.75. The minimum atomic E-state index is -0.349. The first-order valence-corrected chi connectivity index (χ1v) is 6.49. The molecular weight excluding hydrogens is 271 g/mol. The van der Waals surface area contributed by atoms with Crippen LogP contribution in [0.25, 0.3) is 11.4 Å². The first-order valence-electron chi connectivity index (χ1n) is 6.49. The predicted octanol–water partition coefficient (Wildman–Crippen LogP) is 3.76. The van der Waals surface area contributed by atoms with Crippen LogP contribution in [0.5, 0.6) is 5.75 Å². The Kier molecular flexibility index (Phi) is 3.64. The van der Waals surface area contributed by atoms with Crippen molar-refractivity contribution >= 4 is 0 Å². The summed E-state index contributed by atoms with van der Waals surface area (Å²) < 4.78 is 23.6. The van der Waals surface area contributed by atoms with Gasteiger partial charge < -0.3 is 9.26 Å². The molecule has 0 amide bonds. The summed E-state index contributed by atoms with van der Waals surface area (Å²) in [6.07, 6.45) is 0. The number of aryl methyl sites for hydroxylation is 1. The number of aromatic nitrogens is 2. The van der Waals surface area contributed by atoms with Gasteiger partial charge in [-0.2, -0.15) is 4.98 Å². The third kappa shape index (κ3) is 3.25. The first kappa shape index (κ1) is 13.3. The maximum absolute atomic E-state index is 13.0. The number of hydrogen-bond donors (Lipinski definition) is 0. The van der Waals surface area contributed by atoms with Crippen LogP contribution in [0.2, 0.25) is 0 Å². The molecule has 21 heavy (non-hydrogen) atoms. The van der Waals surface area contributed by atoms with Gasteiger partial charge in [-0.1, -0.05) is 35.0 Å². The molecule has 0 atom stereocenters. The SMILES string of the molecule is Cc1cccc(-c2noc(COc3cccc(F)c3)n2)c1. The zero-order valence-corrected chi connectivity index (χ0v) is 11.4. The Morgan fingerprint density at radius 3 is 2.81 bits per heavy atom. The van der Waals surface area contributed by atoms with Gasteiger partial charge in [0.25, 0.3) is 5.89 Å². The Morgan fingerprint density at radius 1 is 1.14 bits per heavy atom. The molecule has 0 fully saturated rings. The highest BCUT2D eigenvalue weighted by Gasteiger charge is 2.09. The van der Waals surface area contributed by atoms with Crippen molar-refractivity contribution in [3.05, 3.63) is 65.8 Å². The standard InChI is InChI=1S/C16H13FN2O2/c1-11-4-2-5-12(8-11)16-18-15(21-19-16)10-20-14-7-3-6-13(17)9-14/h2-9H,10H2,1H3. The summed E-state index contributed by atoms with van der Waals surface area (Å²) in [5.41, 5.74) is 2.01. The summed E-state index contributed by atoms with van der Waals surface area (Å²) in [7, 11) is 0.